The SMILES string of the molecule is Brc1ccc(OCc2ccccc2)cc1C[P+](c1ccccc1)(c1ccccc1)c1ccccc1. The fraction of sp³-hybridized carbons (Fsp3) is 0.0625. The lowest BCUT2D eigenvalue weighted by Gasteiger charge is -2.28. The number of hydrogen-bond acceptors (Lipinski definition) is 1. The van der Waals surface area contributed by atoms with Gasteiger partial charge in [-0.05, 0) is 60.2 Å². The van der Waals surface area contributed by atoms with Gasteiger partial charge in [0.15, 0.2) is 0 Å². The molecule has 0 N–H and O–H groups in total. The summed E-state index contributed by atoms with van der Waals surface area (Å²) in [6, 6.07) is 49.7. The highest BCUT2D eigenvalue weighted by Gasteiger charge is 2.45. The topological polar surface area (TPSA) is 9.23 Å². The molecule has 0 atom stereocenters. The summed E-state index contributed by atoms with van der Waals surface area (Å²) in [6.07, 6.45) is 0.897. The molecule has 0 heterocycles. The lowest BCUT2D eigenvalue weighted by atomic mass is 10.2. The highest BCUT2D eigenvalue weighted by atomic mass is 79.9. The second-order valence-corrected chi connectivity index (χ2v) is 12.8. The molecular weight excluding hydrogens is 511 g/mol. The van der Waals surface area contributed by atoms with Gasteiger partial charge in [-0.3, -0.25) is 0 Å². The van der Waals surface area contributed by atoms with Crippen molar-refractivity contribution in [2.45, 2.75) is 12.8 Å². The van der Waals surface area contributed by atoms with Gasteiger partial charge in [0.1, 0.15) is 35.5 Å². The lowest BCUT2D eigenvalue weighted by molar-refractivity contribution is 0.306. The van der Waals surface area contributed by atoms with Crippen molar-refractivity contribution in [2.24, 2.45) is 0 Å². The summed E-state index contributed by atoms with van der Waals surface area (Å²) in [5.74, 6) is 0.888. The number of rotatable bonds is 8. The number of hydrogen-bond donors (Lipinski definition) is 0. The predicted octanol–water partition coefficient (Wildman–Crippen LogP) is 7.52. The van der Waals surface area contributed by atoms with Crippen molar-refractivity contribution in [3.05, 3.63) is 155 Å². The zero-order valence-electron chi connectivity index (χ0n) is 19.4. The standard InChI is InChI=1S/C32H27BrOP/c33-32-22-21-28(34-24-26-13-5-1-6-14-26)23-27(32)25-35(29-15-7-2-8-16-29,30-17-9-3-10-18-30)31-19-11-4-12-20-31/h1-23H,24-25H2/q+1. The van der Waals surface area contributed by atoms with Gasteiger partial charge in [0.2, 0.25) is 0 Å². The molecule has 35 heavy (non-hydrogen) atoms. The molecule has 5 aromatic carbocycles. The summed E-state index contributed by atoms with van der Waals surface area (Å²) >= 11 is 3.86. The van der Waals surface area contributed by atoms with Crippen molar-refractivity contribution >= 4 is 39.1 Å². The van der Waals surface area contributed by atoms with Crippen LogP contribution < -0.4 is 20.7 Å². The Morgan fingerprint density at radius 1 is 0.543 bits per heavy atom. The Morgan fingerprint density at radius 2 is 1.00 bits per heavy atom. The van der Waals surface area contributed by atoms with E-state index in [-0.39, 0.29) is 0 Å². The quantitative estimate of drug-likeness (QED) is 0.186. The second kappa shape index (κ2) is 11.0. The van der Waals surface area contributed by atoms with Crippen LogP contribution in [0, 0.1) is 0 Å². The maximum atomic E-state index is 6.21. The molecule has 0 unspecified atom stereocenters. The molecule has 0 aliphatic rings. The van der Waals surface area contributed by atoms with Gasteiger partial charge < -0.3 is 4.74 Å². The van der Waals surface area contributed by atoms with E-state index in [1.54, 1.807) is 0 Å². The first-order valence-electron chi connectivity index (χ1n) is 11.8. The maximum absolute atomic E-state index is 6.21. The molecule has 0 fully saturated rings. The van der Waals surface area contributed by atoms with Crippen LogP contribution in [0.25, 0.3) is 0 Å². The van der Waals surface area contributed by atoms with Crippen LogP contribution in [-0.4, -0.2) is 0 Å². The molecule has 0 amide bonds. The summed E-state index contributed by atoms with van der Waals surface area (Å²) < 4.78 is 7.32. The van der Waals surface area contributed by atoms with E-state index in [0.717, 1.165) is 21.9 Å². The number of benzene rings is 5. The lowest BCUT2D eigenvalue weighted by Crippen LogP contribution is -2.32. The normalized spacial score (nSPS) is 11.2. The summed E-state index contributed by atoms with van der Waals surface area (Å²) in [7, 11) is -1.98. The smallest absolute Gasteiger partial charge is 0.120 e. The molecule has 0 aliphatic carbocycles. The molecule has 1 nitrogen and oxygen atoms in total. The van der Waals surface area contributed by atoms with Gasteiger partial charge in [0.05, 0.1) is 6.16 Å². The van der Waals surface area contributed by atoms with E-state index < -0.39 is 7.26 Å². The molecule has 5 rings (SSSR count). The predicted molar refractivity (Wildman–Crippen MR) is 154 cm³/mol. The molecule has 0 aromatic heterocycles. The zero-order chi connectivity index (χ0) is 23.9. The first-order valence-corrected chi connectivity index (χ1v) is 14.5. The van der Waals surface area contributed by atoms with Gasteiger partial charge in [-0.25, -0.2) is 0 Å². The van der Waals surface area contributed by atoms with Crippen LogP contribution in [-0.2, 0) is 12.8 Å². The van der Waals surface area contributed by atoms with E-state index in [1.165, 1.54) is 21.5 Å². The maximum Gasteiger partial charge on any atom is 0.120 e. The molecule has 0 bridgehead atoms. The highest BCUT2D eigenvalue weighted by Crippen LogP contribution is 2.58. The Kier molecular flexibility index (Phi) is 7.42. The molecule has 0 saturated carbocycles. The molecule has 0 saturated heterocycles. The Labute approximate surface area is 216 Å². The van der Waals surface area contributed by atoms with Gasteiger partial charge in [0.25, 0.3) is 0 Å². The zero-order valence-corrected chi connectivity index (χ0v) is 21.9. The molecular formula is C32H27BrOP+. The summed E-state index contributed by atoms with van der Waals surface area (Å²) in [4.78, 5) is 0. The second-order valence-electron chi connectivity index (χ2n) is 8.50. The van der Waals surface area contributed by atoms with Gasteiger partial charge >= 0.3 is 0 Å². The molecule has 5 aromatic rings. The van der Waals surface area contributed by atoms with Crippen molar-refractivity contribution in [3.63, 3.8) is 0 Å². The van der Waals surface area contributed by atoms with Crippen LogP contribution in [0.1, 0.15) is 11.1 Å². The van der Waals surface area contributed by atoms with E-state index in [4.69, 9.17) is 4.74 Å². The summed E-state index contributed by atoms with van der Waals surface area (Å²) in [5, 5.41) is 4.12. The van der Waals surface area contributed by atoms with Crippen LogP contribution in [0.15, 0.2) is 144 Å². The molecule has 3 heteroatoms. The largest absolute Gasteiger partial charge is 0.489 e. The van der Waals surface area contributed by atoms with Crippen molar-refractivity contribution in [1.29, 1.82) is 0 Å². The molecule has 0 spiro atoms. The van der Waals surface area contributed by atoms with Crippen LogP contribution in [0.2, 0.25) is 0 Å². The van der Waals surface area contributed by atoms with Crippen LogP contribution >= 0.6 is 23.2 Å². The third-order valence-corrected chi connectivity index (χ3v) is 11.4. The molecule has 172 valence electrons. The minimum atomic E-state index is -1.98. The van der Waals surface area contributed by atoms with E-state index in [1.807, 2.05) is 24.3 Å². The number of ether oxygens (including phenoxy) is 1. The average molecular weight is 538 g/mol. The highest BCUT2D eigenvalue weighted by molar-refractivity contribution is 9.10. The van der Waals surface area contributed by atoms with Gasteiger partial charge in [-0.2, -0.15) is 0 Å². The Balaban J connectivity index is 1.61. The van der Waals surface area contributed by atoms with Gasteiger partial charge in [-0.15, -0.1) is 0 Å². The third-order valence-electron chi connectivity index (χ3n) is 6.26. The third kappa shape index (κ3) is 5.25. The Morgan fingerprint density at radius 3 is 1.49 bits per heavy atom. The molecule has 0 aliphatic heterocycles. The van der Waals surface area contributed by atoms with Crippen LogP contribution in [0.3, 0.4) is 0 Å². The monoisotopic (exact) mass is 537 g/mol. The van der Waals surface area contributed by atoms with Crippen LogP contribution in [0.4, 0.5) is 0 Å². The minimum Gasteiger partial charge on any atom is -0.489 e. The fourth-order valence-corrected chi connectivity index (χ4v) is 9.39. The summed E-state index contributed by atoms with van der Waals surface area (Å²) in [6.45, 7) is 0.554. The van der Waals surface area contributed by atoms with Crippen molar-refractivity contribution in [2.75, 3.05) is 0 Å². The van der Waals surface area contributed by atoms with E-state index >= 15 is 0 Å². The van der Waals surface area contributed by atoms with Crippen molar-refractivity contribution < 1.29 is 4.74 Å². The summed E-state index contributed by atoms with van der Waals surface area (Å²) in [5.41, 5.74) is 2.41. The van der Waals surface area contributed by atoms with Crippen LogP contribution in [0.5, 0.6) is 5.75 Å². The first kappa shape index (κ1) is 23.5. The molecule has 0 radical (unpaired) electrons. The van der Waals surface area contributed by atoms with Crippen molar-refractivity contribution in [1.82, 2.24) is 0 Å². The fourth-order valence-electron chi connectivity index (χ4n) is 4.53. The Bertz CT molecular complexity index is 1260. The minimum absolute atomic E-state index is 0.554. The average Bonchev–Trinajstić information content (AvgIpc) is 2.94. The van der Waals surface area contributed by atoms with Gasteiger partial charge in [0, 0.05) is 10.0 Å². The van der Waals surface area contributed by atoms with E-state index in [9.17, 15) is 0 Å². The van der Waals surface area contributed by atoms with E-state index in [2.05, 4.69) is 131 Å². The van der Waals surface area contributed by atoms with Crippen molar-refractivity contribution in [3.8, 4) is 5.75 Å². The first-order chi connectivity index (χ1) is 17.3. The van der Waals surface area contributed by atoms with Gasteiger partial charge in [-0.1, -0.05) is 101 Å². The van der Waals surface area contributed by atoms with E-state index in [0.29, 0.717) is 6.61 Å². The number of halogens is 1. The Hall–Kier alpha value is -3.19.